The predicted octanol–water partition coefficient (Wildman–Crippen LogP) is 4.43. The first-order valence-corrected chi connectivity index (χ1v) is 7.52. The highest BCUT2D eigenvalue weighted by molar-refractivity contribution is 9.11. The van der Waals surface area contributed by atoms with E-state index < -0.39 is 0 Å². The van der Waals surface area contributed by atoms with Crippen LogP contribution in [0.1, 0.15) is 18.5 Å². The third kappa shape index (κ3) is 3.50. The molecule has 0 spiro atoms. The molecule has 1 atom stereocenters. The predicted molar refractivity (Wildman–Crippen MR) is 85.3 cm³/mol. The van der Waals surface area contributed by atoms with E-state index in [0.29, 0.717) is 11.6 Å². The summed E-state index contributed by atoms with van der Waals surface area (Å²) in [7, 11) is 1.61. The number of hydrogen-bond donors (Lipinski definition) is 1. The molecule has 106 valence electrons. The maximum atomic E-state index is 5.78. The molecule has 0 aliphatic carbocycles. The Balaban J connectivity index is 2.23. The fourth-order valence-electron chi connectivity index (χ4n) is 1.58. The smallest absolute Gasteiger partial charge is 0.219 e. The average molecular weight is 402 g/mol. The van der Waals surface area contributed by atoms with Crippen LogP contribution in [0.3, 0.4) is 0 Å². The highest BCUT2D eigenvalue weighted by Crippen LogP contribution is 2.37. The Bertz CT molecular complexity index is 601. The van der Waals surface area contributed by atoms with Gasteiger partial charge in [-0.15, -0.1) is 0 Å². The lowest BCUT2D eigenvalue weighted by Crippen LogP contribution is -2.05. The molecule has 1 unspecified atom stereocenters. The minimum Gasteiger partial charge on any atom is -0.496 e. The van der Waals surface area contributed by atoms with Crippen LogP contribution in [-0.4, -0.2) is 12.1 Å². The zero-order chi connectivity index (χ0) is 14.7. The Labute approximate surface area is 134 Å². The standard InChI is InChI=1S/C14H14Br2N2O2/c1-8(17)9-3-4-14(18-7-9)20-13-6-10(15)12(19-2)5-11(13)16/h3-8H,17H2,1-2H3. The van der Waals surface area contributed by atoms with E-state index in [0.717, 1.165) is 20.3 Å². The zero-order valence-electron chi connectivity index (χ0n) is 11.1. The monoisotopic (exact) mass is 400 g/mol. The van der Waals surface area contributed by atoms with E-state index >= 15 is 0 Å². The molecule has 0 bridgehead atoms. The van der Waals surface area contributed by atoms with Crippen LogP contribution in [0.5, 0.6) is 17.4 Å². The Morgan fingerprint density at radius 1 is 1.15 bits per heavy atom. The van der Waals surface area contributed by atoms with Crippen molar-refractivity contribution in [3.63, 3.8) is 0 Å². The number of ether oxygens (including phenoxy) is 2. The van der Waals surface area contributed by atoms with Crippen LogP contribution >= 0.6 is 31.9 Å². The first-order chi connectivity index (χ1) is 9.51. The number of rotatable bonds is 4. The number of pyridine rings is 1. The van der Waals surface area contributed by atoms with Crippen molar-refractivity contribution in [2.45, 2.75) is 13.0 Å². The number of halogens is 2. The maximum absolute atomic E-state index is 5.78. The van der Waals surface area contributed by atoms with Gasteiger partial charge in [0.05, 0.1) is 16.1 Å². The van der Waals surface area contributed by atoms with Crippen LogP contribution in [-0.2, 0) is 0 Å². The van der Waals surface area contributed by atoms with Gasteiger partial charge < -0.3 is 15.2 Å². The second-order valence-electron chi connectivity index (χ2n) is 4.24. The van der Waals surface area contributed by atoms with Gasteiger partial charge >= 0.3 is 0 Å². The van der Waals surface area contributed by atoms with Gasteiger partial charge in [-0.3, -0.25) is 0 Å². The lowest BCUT2D eigenvalue weighted by atomic mass is 10.2. The Morgan fingerprint density at radius 2 is 1.80 bits per heavy atom. The molecular weight excluding hydrogens is 388 g/mol. The van der Waals surface area contributed by atoms with Gasteiger partial charge in [0.2, 0.25) is 5.88 Å². The first kappa shape index (κ1) is 15.3. The highest BCUT2D eigenvalue weighted by Gasteiger charge is 2.10. The normalized spacial score (nSPS) is 12.1. The van der Waals surface area contributed by atoms with Gasteiger partial charge in [0.15, 0.2) is 0 Å². The minimum atomic E-state index is -0.0431. The summed E-state index contributed by atoms with van der Waals surface area (Å²) >= 11 is 6.87. The quantitative estimate of drug-likeness (QED) is 0.823. The topological polar surface area (TPSA) is 57.4 Å². The second kappa shape index (κ2) is 6.56. The van der Waals surface area contributed by atoms with Crippen LogP contribution in [0.25, 0.3) is 0 Å². The summed E-state index contributed by atoms with van der Waals surface area (Å²) in [6, 6.07) is 7.31. The van der Waals surface area contributed by atoms with Crippen molar-refractivity contribution >= 4 is 31.9 Å². The summed E-state index contributed by atoms with van der Waals surface area (Å²) in [6.45, 7) is 1.91. The van der Waals surface area contributed by atoms with E-state index in [1.54, 1.807) is 19.4 Å². The van der Waals surface area contributed by atoms with E-state index in [-0.39, 0.29) is 6.04 Å². The molecule has 4 nitrogen and oxygen atoms in total. The molecule has 0 saturated carbocycles. The Kier molecular flexibility index (Phi) is 5.01. The van der Waals surface area contributed by atoms with E-state index in [1.165, 1.54) is 0 Å². The summed E-state index contributed by atoms with van der Waals surface area (Å²) in [5.41, 5.74) is 6.75. The average Bonchev–Trinajstić information content (AvgIpc) is 2.43. The first-order valence-electron chi connectivity index (χ1n) is 5.93. The number of methoxy groups -OCH3 is 1. The van der Waals surface area contributed by atoms with Gasteiger partial charge in [0.1, 0.15) is 11.5 Å². The van der Waals surface area contributed by atoms with E-state index in [4.69, 9.17) is 15.2 Å². The van der Waals surface area contributed by atoms with Gasteiger partial charge in [-0.05, 0) is 56.5 Å². The van der Waals surface area contributed by atoms with Gasteiger partial charge in [-0.25, -0.2) is 4.98 Å². The van der Waals surface area contributed by atoms with Crippen molar-refractivity contribution in [1.82, 2.24) is 4.98 Å². The van der Waals surface area contributed by atoms with Crippen molar-refractivity contribution in [2.75, 3.05) is 7.11 Å². The highest BCUT2D eigenvalue weighted by atomic mass is 79.9. The number of benzene rings is 1. The van der Waals surface area contributed by atoms with Crippen molar-refractivity contribution in [1.29, 1.82) is 0 Å². The van der Waals surface area contributed by atoms with Crippen LogP contribution in [0.15, 0.2) is 39.4 Å². The number of nitrogens with zero attached hydrogens (tertiary/aromatic N) is 1. The number of aromatic nitrogens is 1. The summed E-state index contributed by atoms with van der Waals surface area (Å²) in [4.78, 5) is 4.24. The molecule has 1 heterocycles. The van der Waals surface area contributed by atoms with Gasteiger partial charge in [-0.1, -0.05) is 6.07 Å². The molecule has 1 aromatic carbocycles. The van der Waals surface area contributed by atoms with Gasteiger partial charge in [-0.2, -0.15) is 0 Å². The SMILES string of the molecule is COc1cc(Br)c(Oc2ccc(C(C)N)cn2)cc1Br. The maximum Gasteiger partial charge on any atom is 0.219 e. The zero-order valence-corrected chi connectivity index (χ0v) is 14.2. The molecule has 2 aromatic rings. The Morgan fingerprint density at radius 3 is 2.35 bits per heavy atom. The lowest BCUT2D eigenvalue weighted by molar-refractivity contribution is 0.408. The molecule has 2 rings (SSSR count). The third-order valence-corrected chi connectivity index (χ3v) is 3.95. The fourth-order valence-corrected chi connectivity index (χ4v) is 2.47. The number of hydrogen-bond acceptors (Lipinski definition) is 4. The molecule has 0 saturated heterocycles. The summed E-state index contributed by atoms with van der Waals surface area (Å²) in [5, 5.41) is 0. The summed E-state index contributed by atoms with van der Waals surface area (Å²) < 4.78 is 12.5. The van der Waals surface area contributed by atoms with E-state index in [9.17, 15) is 0 Å². The molecule has 0 amide bonds. The second-order valence-corrected chi connectivity index (χ2v) is 5.95. The van der Waals surface area contributed by atoms with Crippen LogP contribution < -0.4 is 15.2 Å². The van der Waals surface area contributed by atoms with Crippen molar-refractivity contribution in [3.8, 4) is 17.4 Å². The van der Waals surface area contributed by atoms with Gasteiger partial charge in [0.25, 0.3) is 0 Å². The minimum absolute atomic E-state index is 0.0431. The molecule has 20 heavy (non-hydrogen) atoms. The van der Waals surface area contributed by atoms with Crippen LogP contribution in [0.2, 0.25) is 0 Å². The summed E-state index contributed by atoms with van der Waals surface area (Å²) in [6.07, 6.45) is 1.71. The molecule has 0 aliphatic rings. The molecule has 6 heteroatoms. The fraction of sp³-hybridized carbons (Fsp3) is 0.214. The molecule has 2 N–H and O–H groups in total. The molecular formula is C14H14Br2N2O2. The van der Waals surface area contributed by atoms with E-state index in [2.05, 4.69) is 36.8 Å². The van der Waals surface area contributed by atoms with Crippen LogP contribution in [0, 0.1) is 0 Å². The van der Waals surface area contributed by atoms with Gasteiger partial charge in [0, 0.05) is 18.3 Å². The molecule has 0 fully saturated rings. The molecule has 1 aromatic heterocycles. The largest absolute Gasteiger partial charge is 0.496 e. The third-order valence-electron chi connectivity index (χ3n) is 2.71. The van der Waals surface area contributed by atoms with Crippen molar-refractivity contribution < 1.29 is 9.47 Å². The van der Waals surface area contributed by atoms with E-state index in [1.807, 2.05) is 25.1 Å². The Hall–Kier alpha value is -1.11. The lowest BCUT2D eigenvalue weighted by Gasteiger charge is -2.11. The van der Waals surface area contributed by atoms with Crippen molar-refractivity contribution in [3.05, 3.63) is 45.0 Å². The van der Waals surface area contributed by atoms with Crippen molar-refractivity contribution in [2.24, 2.45) is 5.73 Å². The molecule has 0 aliphatic heterocycles. The molecule has 0 radical (unpaired) electrons. The number of nitrogens with two attached hydrogens (primary N) is 1. The summed E-state index contributed by atoms with van der Waals surface area (Å²) in [5.74, 6) is 1.88. The van der Waals surface area contributed by atoms with Crippen LogP contribution in [0.4, 0.5) is 0 Å².